The quantitative estimate of drug-likeness (QED) is 0.789. The minimum absolute atomic E-state index is 0.445. The number of fused-ring (bicyclic) bond motifs is 1. The molecule has 2 nitrogen and oxygen atoms in total. The molecule has 94 valence electrons. The first-order valence-electron chi connectivity index (χ1n) is 6.36. The van der Waals surface area contributed by atoms with Crippen LogP contribution in [0.15, 0.2) is 29.6 Å². The second kappa shape index (κ2) is 4.32. The number of nitrogens with two attached hydrogens (primary N) is 1. The van der Waals surface area contributed by atoms with E-state index in [2.05, 4.69) is 36.3 Å². The van der Waals surface area contributed by atoms with E-state index in [0.29, 0.717) is 6.04 Å². The van der Waals surface area contributed by atoms with Crippen molar-refractivity contribution in [3.63, 3.8) is 0 Å². The summed E-state index contributed by atoms with van der Waals surface area (Å²) in [7, 11) is 0. The van der Waals surface area contributed by atoms with Gasteiger partial charge in [0.1, 0.15) is 0 Å². The van der Waals surface area contributed by atoms with E-state index in [-0.39, 0.29) is 0 Å². The van der Waals surface area contributed by atoms with Crippen LogP contribution in [0.25, 0.3) is 0 Å². The van der Waals surface area contributed by atoms with Gasteiger partial charge < -0.3 is 10.6 Å². The van der Waals surface area contributed by atoms with E-state index >= 15 is 0 Å². The lowest BCUT2D eigenvalue weighted by Gasteiger charge is -2.36. The standard InChI is InChI=1S/C15H18N2S/c1-10-13(16)4-3-5-14(10)17-8-6-15-12(11(17)2)7-9-18-15/h3-5,7,9,11H,6,8,16H2,1-2H3. The van der Waals surface area contributed by atoms with Gasteiger partial charge in [-0.1, -0.05) is 6.07 Å². The maximum Gasteiger partial charge on any atom is 0.0525 e. The fourth-order valence-electron chi connectivity index (χ4n) is 2.79. The molecule has 2 heterocycles. The van der Waals surface area contributed by atoms with Crippen LogP contribution in [0, 0.1) is 6.92 Å². The monoisotopic (exact) mass is 258 g/mol. The van der Waals surface area contributed by atoms with Crippen LogP contribution in [0.5, 0.6) is 0 Å². The van der Waals surface area contributed by atoms with Crippen molar-refractivity contribution in [3.8, 4) is 0 Å². The zero-order chi connectivity index (χ0) is 12.7. The van der Waals surface area contributed by atoms with E-state index in [4.69, 9.17) is 5.73 Å². The van der Waals surface area contributed by atoms with Gasteiger partial charge in [0.15, 0.2) is 0 Å². The number of thiophene rings is 1. The summed E-state index contributed by atoms with van der Waals surface area (Å²) in [6, 6.07) is 8.91. The zero-order valence-corrected chi connectivity index (χ0v) is 11.6. The number of nitrogens with zero attached hydrogens (tertiary/aromatic N) is 1. The molecule has 1 unspecified atom stereocenters. The van der Waals surface area contributed by atoms with Crippen LogP contribution in [0.2, 0.25) is 0 Å². The third kappa shape index (κ3) is 1.70. The number of anilines is 2. The van der Waals surface area contributed by atoms with Gasteiger partial charge in [0.05, 0.1) is 6.04 Å². The highest BCUT2D eigenvalue weighted by Crippen LogP contribution is 2.38. The predicted molar refractivity (Wildman–Crippen MR) is 79.4 cm³/mol. The van der Waals surface area contributed by atoms with Gasteiger partial charge in [-0.3, -0.25) is 0 Å². The number of hydrogen-bond donors (Lipinski definition) is 1. The molecule has 2 aromatic rings. The van der Waals surface area contributed by atoms with Gasteiger partial charge >= 0.3 is 0 Å². The summed E-state index contributed by atoms with van der Waals surface area (Å²) in [6.45, 7) is 5.48. The molecule has 0 radical (unpaired) electrons. The summed E-state index contributed by atoms with van der Waals surface area (Å²) in [5.74, 6) is 0. The normalized spacial score (nSPS) is 18.8. The molecule has 1 aliphatic rings. The Balaban J connectivity index is 2.02. The maximum absolute atomic E-state index is 6.02. The van der Waals surface area contributed by atoms with Gasteiger partial charge in [-0.2, -0.15) is 0 Å². The molecule has 3 rings (SSSR count). The van der Waals surface area contributed by atoms with Crippen molar-refractivity contribution in [2.24, 2.45) is 0 Å². The van der Waals surface area contributed by atoms with Crippen molar-refractivity contribution in [3.05, 3.63) is 45.6 Å². The number of nitrogen functional groups attached to an aromatic ring is 1. The Morgan fingerprint density at radius 3 is 3.00 bits per heavy atom. The van der Waals surface area contributed by atoms with E-state index in [9.17, 15) is 0 Å². The van der Waals surface area contributed by atoms with Crippen LogP contribution < -0.4 is 10.6 Å². The molecule has 1 aromatic heterocycles. The number of hydrogen-bond acceptors (Lipinski definition) is 3. The van der Waals surface area contributed by atoms with Crippen molar-refractivity contribution in [1.82, 2.24) is 0 Å². The van der Waals surface area contributed by atoms with Gasteiger partial charge in [-0.25, -0.2) is 0 Å². The van der Waals surface area contributed by atoms with E-state index in [1.165, 1.54) is 16.8 Å². The molecule has 1 aromatic carbocycles. The Morgan fingerprint density at radius 1 is 1.33 bits per heavy atom. The molecule has 1 aliphatic heterocycles. The number of benzene rings is 1. The van der Waals surface area contributed by atoms with Gasteiger partial charge in [-0.15, -0.1) is 11.3 Å². The first-order valence-corrected chi connectivity index (χ1v) is 7.24. The van der Waals surface area contributed by atoms with Crippen molar-refractivity contribution in [1.29, 1.82) is 0 Å². The van der Waals surface area contributed by atoms with E-state index in [1.807, 2.05) is 23.5 Å². The van der Waals surface area contributed by atoms with Gasteiger partial charge in [0.2, 0.25) is 0 Å². The fourth-order valence-corrected chi connectivity index (χ4v) is 3.75. The average molecular weight is 258 g/mol. The SMILES string of the molecule is Cc1c(N)cccc1N1CCc2sccc2C1C. The molecule has 0 saturated heterocycles. The largest absolute Gasteiger partial charge is 0.398 e. The van der Waals surface area contributed by atoms with Crippen molar-refractivity contribution >= 4 is 22.7 Å². The Labute approximate surface area is 112 Å². The molecular formula is C15H18N2S. The van der Waals surface area contributed by atoms with Crippen molar-refractivity contribution in [2.75, 3.05) is 17.2 Å². The summed E-state index contributed by atoms with van der Waals surface area (Å²) in [5, 5.41) is 2.21. The average Bonchev–Trinajstić information content (AvgIpc) is 2.83. The summed E-state index contributed by atoms with van der Waals surface area (Å²) in [6.07, 6.45) is 1.14. The number of rotatable bonds is 1. The smallest absolute Gasteiger partial charge is 0.0525 e. The Kier molecular flexibility index (Phi) is 2.78. The molecule has 2 N–H and O–H groups in total. The highest BCUT2D eigenvalue weighted by atomic mass is 32.1. The molecule has 1 atom stereocenters. The van der Waals surface area contributed by atoms with Crippen LogP contribution >= 0.6 is 11.3 Å². The maximum atomic E-state index is 6.02. The van der Waals surface area contributed by atoms with Gasteiger partial charge in [0.25, 0.3) is 0 Å². The molecule has 0 spiro atoms. The van der Waals surface area contributed by atoms with Crippen LogP contribution in [0.3, 0.4) is 0 Å². The van der Waals surface area contributed by atoms with Gasteiger partial charge in [0, 0.05) is 22.8 Å². The van der Waals surface area contributed by atoms with E-state index in [1.54, 1.807) is 4.88 Å². The lowest BCUT2D eigenvalue weighted by Crippen LogP contribution is -2.33. The third-order valence-corrected chi connectivity index (χ3v) is 4.93. The van der Waals surface area contributed by atoms with Crippen molar-refractivity contribution in [2.45, 2.75) is 26.3 Å². The minimum atomic E-state index is 0.445. The highest BCUT2D eigenvalue weighted by Gasteiger charge is 2.25. The Hall–Kier alpha value is -1.48. The summed E-state index contributed by atoms with van der Waals surface area (Å²) in [5.41, 5.74) is 10.9. The van der Waals surface area contributed by atoms with Crippen LogP contribution in [0.1, 0.15) is 29.0 Å². The topological polar surface area (TPSA) is 29.3 Å². The zero-order valence-electron chi connectivity index (χ0n) is 10.8. The van der Waals surface area contributed by atoms with E-state index in [0.717, 1.165) is 18.7 Å². The second-order valence-corrected chi connectivity index (χ2v) is 5.91. The molecule has 0 amide bonds. The second-order valence-electron chi connectivity index (χ2n) is 4.91. The molecule has 0 aliphatic carbocycles. The molecule has 3 heteroatoms. The Bertz CT molecular complexity index is 574. The van der Waals surface area contributed by atoms with Crippen LogP contribution in [0.4, 0.5) is 11.4 Å². The van der Waals surface area contributed by atoms with Crippen molar-refractivity contribution < 1.29 is 0 Å². The predicted octanol–water partition coefficient (Wildman–Crippen LogP) is 3.76. The summed E-state index contributed by atoms with van der Waals surface area (Å²) in [4.78, 5) is 4.01. The molecule has 0 saturated carbocycles. The van der Waals surface area contributed by atoms with Crippen LogP contribution in [-0.2, 0) is 6.42 Å². The third-order valence-electron chi connectivity index (χ3n) is 3.93. The molecule has 18 heavy (non-hydrogen) atoms. The Morgan fingerprint density at radius 2 is 2.17 bits per heavy atom. The lowest BCUT2D eigenvalue weighted by molar-refractivity contribution is 0.631. The highest BCUT2D eigenvalue weighted by molar-refractivity contribution is 7.10. The lowest BCUT2D eigenvalue weighted by atomic mass is 9.99. The fraction of sp³-hybridized carbons (Fsp3) is 0.333. The molecule has 0 bridgehead atoms. The van der Waals surface area contributed by atoms with E-state index < -0.39 is 0 Å². The molecule has 0 fully saturated rings. The van der Waals surface area contributed by atoms with Gasteiger partial charge in [-0.05, 0) is 55.0 Å². The minimum Gasteiger partial charge on any atom is -0.398 e. The summed E-state index contributed by atoms with van der Waals surface area (Å²) >= 11 is 1.88. The first-order chi connectivity index (χ1) is 8.68. The molecular weight excluding hydrogens is 240 g/mol. The summed E-state index contributed by atoms with van der Waals surface area (Å²) < 4.78 is 0. The first kappa shape index (κ1) is 11.6. The van der Waals surface area contributed by atoms with Crippen LogP contribution in [-0.4, -0.2) is 6.54 Å².